The zero-order chi connectivity index (χ0) is 14.4. The SMILES string of the molecule is Cc1c(N)ccc2nc(-c3ccc(Cl)c(Cl)c3)c(C)n12. The average Bonchev–Trinajstić information content (AvgIpc) is 2.75. The summed E-state index contributed by atoms with van der Waals surface area (Å²) in [6.07, 6.45) is 0. The third-order valence-corrected chi connectivity index (χ3v) is 4.23. The summed E-state index contributed by atoms with van der Waals surface area (Å²) in [6.45, 7) is 4.00. The molecule has 102 valence electrons. The molecule has 0 spiro atoms. The first-order valence-corrected chi connectivity index (χ1v) is 6.94. The molecule has 0 fully saturated rings. The quantitative estimate of drug-likeness (QED) is 0.719. The number of rotatable bonds is 1. The summed E-state index contributed by atoms with van der Waals surface area (Å²) in [4.78, 5) is 4.66. The van der Waals surface area contributed by atoms with Crippen molar-refractivity contribution in [1.29, 1.82) is 0 Å². The van der Waals surface area contributed by atoms with Gasteiger partial charge in [-0.15, -0.1) is 0 Å². The van der Waals surface area contributed by atoms with Crippen molar-refractivity contribution < 1.29 is 0 Å². The lowest BCUT2D eigenvalue weighted by Gasteiger charge is -2.06. The molecule has 3 nitrogen and oxygen atoms in total. The molecule has 0 aliphatic rings. The summed E-state index contributed by atoms with van der Waals surface area (Å²) in [5, 5.41) is 1.06. The van der Waals surface area contributed by atoms with Gasteiger partial charge >= 0.3 is 0 Å². The van der Waals surface area contributed by atoms with Crippen LogP contribution in [0.25, 0.3) is 16.9 Å². The maximum absolute atomic E-state index is 6.08. The molecule has 0 saturated carbocycles. The smallest absolute Gasteiger partial charge is 0.138 e. The first-order chi connectivity index (χ1) is 9.49. The highest BCUT2D eigenvalue weighted by Crippen LogP contribution is 2.31. The Kier molecular flexibility index (Phi) is 3.11. The lowest BCUT2D eigenvalue weighted by Crippen LogP contribution is -1.99. The van der Waals surface area contributed by atoms with E-state index in [0.29, 0.717) is 10.0 Å². The Morgan fingerprint density at radius 1 is 1.00 bits per heavy atom. The average molecular weight is 306 g/mol. The molecule has 20 heavy (non-hydrogen) atoms. The molecule has 0 radical (unpaired) electrons. The molecule has 5 heteroatoms. The minimum absolute atomic E-state index is 0.525. The predicted octanol–water partition coefficient (Wildman–Crippen LogP) is 4.51. The fourth-order valence-corrected chi connectivity index (χ4v) is 2.69. The number of halogens is 2. The van der Waals surface area contributed by atoms with Gasteiger partial charge in [0.25, 0.3) is 0 Å². The van der Waals surface area contributed by atoms with E-state index >= 15 is 0 Å². The summed E-state index contributed by atoms with van der Waals surface area (Å²) in [6, 6.07) is 9.31. The highest BCUT2D eigenvalue weighted by molar-refractivity contribution is 6.42. The van der Waals surface area contributed by atoms with Gasteiger partial charge in [-0.1, -0.05) is 29.3 Å². The van der Waals surface area contributed by atoms with Crippen LogP contribution in [-0.4, -0.2) is 9.38 Å². The molecule has 3 rings (SSSR count). The Balaban J connectivity index is 2.29. The number of fused-ring (bicyclic) bond motifs is 1. The van der Waals surface area contributed by atoms with Crippen LogP contribution in [-0.2, 0) is 0 Å². The normalized spacial score (nSPS) is 11.2. The van der Waals surface area contributed by atoms with Crippen molar-refractivity contribution in [1.82, 2.24) is 9.38 Å². The Labute approximate surface area is 127 Å². The van der Waals surface area contributed by atoms with E-state index in [1.54, 1.807) is 6.07 Å². The van der Waals surface area contributed by atoms with E-state index in [9.17, 15) is 0 Å². The Morgan fingerprint density at radius 2 is 1.75 bits per heavy atom. The van der Waals surface area contributed by atoms with Gasteiger partial charge in [0.2, 0.25) is 0 Å². The fourth-order valence-electron chi connectivity index (χ4n) is 2.39. The van der Waals surface area contributed by atoms with Gasteiger partial charge < -0.3 is 5.73 Å². The second-order valence-corrected chi connectivity index (χ2v) is 5.56. The van der Waals surface area contributed by atoms with E-state index in [2.05, 4.69) is 4.98 Å². The van der Waals surface area contributed by atoms with Crippen LogP contribution in [0.15, 0.2) is 30.3 Å². The molecular formula is C15H13Cl2N3. The molecule has 0 aliphatic heterocycles. The van der Waals surface area contributed by atoms with Crippen molar-refractivity contribution in [2.75, 3.05) is 5.73 Å². The van der Waals surface area contributed by atoms with Gasteiger partial charge in [0.1, 0.15) is 5.65 Å². The molecule has 0 saturated heterocycles. The number of aromatic nitrogens is 2. The third kappa shape index (κ3) is 1.94. The number of nitrogen functional groups attached to an aromatic ring is 1. The number of nitrogens with two attached hydrogens (primary N) is 1. The standard InChI is InChI=1S/C15H13Cl2N3/c1-8-13(18)5-6-14-19-15(9(2)20(8)14)10-3-4-11(16)12(17)7-10/h3-7H,18H2,1-2H3. The van der Waals surface area contributed by atoms with E-state index < -0.39 is 0 Å². The number of hydrogen-bond donors (Lipinski definition) is 1. The van der Waals surface area contributed by atoms with Crippen molar-refractivity contribution in [3.8, 4) is 11.3 Å². The zero-order valence-corrected chi connectivity index (χ0v) is 12.6. The highest BCUT2D eigenvalue weighted by atomic mass is 35.5. The molecule has 0 bridgehead atoms. The maximum Gasteiger partial charge on any atom is 0.138 e. The van der Waals surface area contributed by atoms with Gasteiger partial charge in [-0.25, -0.2) is 4.98 Å². The summed E-state index contributed by atoms with van der Waals surface area (Å²) in [5.74, 6) is 0. The van der Waals surface area contributed by atoms with E-state index in [1.807, 2.05) is 42.5 Å². The van der Waals surface area contributed by atoms with E-state index in [1.165, 1.54) is 0 Å². The second kappa shape index (κ2) is 4.69. The molecule has 2 aromatic heterocycles. The molecule has 0 unspecified atom stereocenters. The molecule has 0 amide bonds. The zero-order valence-electron chi connectivity index (χ0n) is 11.1. The van der Waals surface area contributed by atoms with Crippen molar-refractivity contribution >= 4 is 34.5 Å². The lowest BCUT2D eigenvalue weighted by molar-refractivity contribution is 1.04. The molecular weight excluding hydrogens is 293 g/mol. The van der Waals surface area contributed by atoms with Crippen LogP contribution in [0, 0.1) is 13.8 Å². The van der Waals surface area contributed by atoms with Crippen molar-refractivity contribution in [2.24, 2.45) is 0 Å². The second-order valence-electron chi connectivity index (χ2n) is 4.74. The summed E-state index contributed by atoms with van der Waals surface area (Å²) in [7, 11) is 0. The van der Waals surface area contributed by atoms with Gasteiger partial charge in [-0.3, -0.25) is 4.40 Å². The number of hydrogen-bond acceptors (Lipinski definition) is 2. The topological polar surface area (TPSA) is 43.3 Å². The Morgan fingerprint density at radius 3 is 2.45 bits per heavy atom. The minimum Gasteiger partial charge on any atom is -0.397 e. The largest absolute Gasteiger partial charge is 0.397 e. The van der Waals surface area contributed by atoms with Crippen molar-refractivity contribution in [3.63, 3.8) is 0 Å². The van der Waals surface area contributed by atoms with E-state index in [4.69, 9.17) is 28.9 Å². The number of aryl methyl sites for hydroxylation is 2. The van der Waals surface area contributed by atoms with Crippen LogP contribution < -0.4 is 5.73 Å². The number of benzene rings is 1. The Bertz CT molecular complexity index is 822. The molecule has 0 aliphatic carbocycles. The first kappa shape index (κ1) is 13.3. The molecule has 2 N–H and O–H groups in total. The first-order valence-electron chi connectivity index (χ1n) is 6.18. The Hall–Kier alpha value is -1.71. The van der Waals surface area contributed by atoms with Crippen LogP contribution >= 0.6 is 23.2 Å². The predicted molar refractivity (Wildman–Crippen MR) is 84.5 cm³/mol. The van der Waals surface area contributed by atoms with Crippen LogP contribution in [0.4, 0.5) is 5.69 Å². The number of anilines is 1. The molecule has 2 heterocycles. The van der Waals surface area contributed by atoms with Gasteiger partial charge in [-0.05, 0) is 38.1 Å². The van der Waals surface area contributed by atoms with Gasteiger partial charge in [0, 0.05) is 17.0 Å². The maximum atomic E-state index is 6.08. The van der Waals surface area contributed by atoms with Crippen molar-refractivity contribution in [3.05, 3.63) is 51.8 Å². The van der Waals surface area contributed by atoms with Gasteiger partial charge in [-0.2, -0.15) is 0 Å². The minimum atomic E-state index is 0.525. The summed E-state index contributed by atoms with van der Waals surface area (Å²) < 4.78 is 2.05. The van der Waals surface area contributed by atoms with Gasteiger partial charge in [0.15, 0.2) is 0 Å². The lowest BCUT2D eigenvalue weighted by atomic mass is 10.1. The molecule has 3 aromatic rings. The van der Waals surface area contributed by atoms with Gasteiger partial charge in [0.05, 0.1) is 21.4 Å². The van der Waals surface area contributed by atoms with Crippen LogP contribution in [0.2, 0.25) is 10.0 Å². The number of pyridine rings is 1. The summed E-state index contributed by atoms with van der Waals surface area (Å²) in [5.41, 5.74) is 11.4. The van der Waals surface area contributed by atoms with Crippen molar-refractivity contribution in [2.45, 2.75) is 13.8 Å². The van der Waals surface area contributed by atoms with Crippen LogP contribution in [0.1, 0.15) is 11.4 Å². The van der Waals surface area contributed by atoms with E-state index in [0.717, 1.165) is 34.0 Å². The molecule has 0 atom stereocenters. The number of nitrogens with zero attached hydrogens (tertiary/aromatic N) is 2. The number of imidazole rings is 1. The fraction of sp³-hybridized carbons (Fsp3) is 0.133. The van der Waals surface area contributed by atoms with Crippen LogP contribution in [0.3, 0.4) is 0 Å². The summed E-state index contributed by atoms with van der Waals surface area (Å²) >= 11 is 12.0. The monoisotopic (exact) mass is 305 g/mol. The third-order valence-electron chi connectivity index (χ3n) is 3.49. The van der Waals surface area contributed by atoms with E-state index in [-0.39, 0.29) is 0 Å². The van der Waals surface area contributed by atoms with Crippen LogP contribution in [0.5, 0.6) is 0 Å². The molecule has 1 aromatic carbocycles. The highest BCUT2D eigenvalue weighted by Gasteiger charge is 2.13.